The third-order valence-electron chi connectivity index (χ3n) is 6.71. The molecule has 3 aromatic carbocycles. The molecule has 0 fully saturated rings. The average Bonchev–Trinajstić information content (AvgIpc) is 2.86. The van der Waals surface area contributed by atoms with E-state index in [9.17, 15) is 14.9 Å². The Kier molecular flexibility index (Phi) is 6.85. The van der Waals surface area contributed by atoms with E-state index in [1.807, 2.05) is 54.6 Å². The summed E-state index contributed by atoms with van der Waals surface area (Å²) in [5.41, 5.74) is 3.28. The van der Waals surface area contributed by atoms with E-state index in [0.29, 0.717) is 34.0 Å². The lowest BCUT2D eigenvalue weighted by Gasteiger charge is -2.39. The summed E-state index contributed by atoms with van der Waals surface area (Å²) < 4.78 is 0. The summed E-state index contributed by atoms with van der Waals surface area (Å²) in [6, 6.07) is 23.4. The Balaban J connectivity index is 1.42. The first-order valence-corrected chi connectivity index (χ1v) is 13.4. The predicted octanol–water partition coefficient (Wildman–Crippen LogP) is 6.93. The Labute approximate surface area is 225 Å². The molecule has 1 atom stereocenters. The highest BCUT2D eigenvalue weighted by Crippen LogP contribution is 2.48. The summed E-state index contributed by atoms with van der Waals surface area (Å²) >= 11 is 7.40. The Morgan fingerprint density at radius 3 is 2.57 bits per heavy atom. The number of rotatable bonds is 5. The molecule has 1 aliphatic heterocycles. The second-order valence-corrected chi connectivity index (χ2v) is 11.6. The van der Waals surface area contributed by atoms with Crippen LogP contribution >= 0.6 is 23.4 Å². The van der Waals surface area contributed by atoms with Gasteiger partial charge in [0.2, 0.25) is 5.91 Å². The first kappa shape index (κ1) is 25.1. The Morgan fingerprint density at radius 1 is 1.11 bits per heavy atom. The van der Waals surface area contributed by atoms with E-state index in [4.69, 9.17) is 11.6 Å². The molecule has 0 radical (unpaired) electrons. The number of anilines is 1. The van der Waals surface area contributed by atoms with Gasteiger partial charge in [0, 0.05) is 28.4 Å². The molecule has 3 aromatic rings. The zero-order valence-corrected chi connectivity index (χ0v) is 22.2. The number of carbonyl (C=O) groups excluding carboxylic acids is 2. The predicted molar refractivity (Wildman–Crippen MR) is 150 cm³/mol. The molecule has 0 saturated heterocycles. The van der Waals surface area contributed by atoms with Gasteiger partial charge in [-0.25, -0.2) is 0 Å². The van der Waals surface area contributed by atoms with E-state index in [0.717, 1.165) is 27.7 Å². The van der Waals surface area contributed by atoms with Gasteiger partial charge in [-0.2, -0.15) is 5.26 Å². The van der Waals surface area contributed by atoms with Gasteiger partial charge < -0.3 is 10.6 Å². The molecule has 0 spiro atoms. The second-order valence-electron chi connectivity index (χ2n) is 10.2. The van der Waals surface area contributed by atoms with Gasteiger partial charge in [0.15, 0.2) is 5.78 Å². The number of fused-ring (bicyclic) bond motifs is 1. The van der Waals surface area contributed by atoms with Gasteiger partial charge in [0.05, 0.1) is 28.3 Å². The number of nitriles is 1. The van der Waals surface area contributed by atoms with Gasteiger partial charge in [0.1, 0.15) is 0 Å². The second kappa shape index (κ2) is 10.1. The largest absolute Gasteiger partial charge is 0.352 e. The fourth-order valence-electron chi connectivity index (χ4n) is 5.08. The molecule has 5 rings (SSSR count). The highest BCUT2D eigenvalue weighted by atomic mass is 35.5. The standard InChI is InChI=1S/C30H26ClN3O2S/c1-30(2)14-24-28(25(35)15-30)27(19-7-10-21(31)11-8-19)23(16-32)29(34-24)37-17-26(36)33-22-12-9-18-5-3-4-6-20(18)13-22/h3-13,27,34H,14-15,17H2,1-2H3,(H,33,36)/t27-/m0/s1. The van der Waals surface area contributed by atoms with E-state index in [-0.39, 0.29) is 22.9 Å². The van der Waals surface area contributed by atoms with Gasteiger partial charge in [-0.15, -0.1) is 0 Å². The molecule has 5 nitrogen and oxygen atoms in total. The third kappa shape index (κ3) is 5.29. The number of Topliss-reactive ketones (excluding diaryl/α,β-unsaturated/α-hetero) is 1. The number of ketones is 1. The first-order chi connectivity index (χ1) is 17.7. The lowest BCUT2D eigenvalue weighted by atomic mass is 9.69. The number of thioether (sulfide) groups is 1. The minimum atomic E-state index is -0.492. The van der Waals surface area contributed by atoms with Crippen LogP contribution in [0.3, 0.4) is 0 Å². The summed E-state index contributed by atoms with van der Waals surface area (Å²) in [5, 5.41) is 19.9. The van der Waals surface area contributed by atoms with Gasteiger partial charge in [-0.1, -0.05) is 79.7 Å². The lowest BCUT2D eigenvalue weighted by molar-refractivity contribution is -0.118. The number of dihydropyridines is 1. The van der Waals surface area contributed by atoms with E-state index in [1.54, 1.807) is 12.1 Å². The molecule has 7 heteroatoms. The molecule has 0 aromatic heterocycles. The van der Waals surface area contributed by atoms with Crippen molar-refractivity contribution in [2.75, 3.05) is 11.1 Å². The van der Waals surface area contributed by atoms with Crippen LogP contribution < -0.4 is 10.6 Å². The van der Waals surface area contributed by atoms with E-state index < -0.39 is 5.92 Å². The van der Waals surface area contributed by atoms with Crippen LogP contribution in [0.25, 0.3) is 10.8 Å². The van der Waals surface area contributed by atoms with Crippen LogP contribution in [0.2, 0.25) is 5.02 Å². The average molecular weight is 528 g/mol. The smallest absolute Gasteiger partial charge is 0.234 e. The van der Waals surface area contributed by atoms with Gasteiger partial charge in [0.25, 0.3) is 0 Å². The van der Waals surface area contributed by atoms with Crippen LogP contribution in [0.15, 0.2) is 88.6 Å². The summed E-state index contributed by atoms with van der Waals surface area (Å²) in [6.07, 6.45) is 1.11. The first-order valence-electron chi connectivity index (χ1n) is 12.1. The maximum atomic E-state index is 13.3. The van der Waals surface area contributed by atoms with Crippen molar-refractivity contribution in [3.8, 4) is 6.07 Å². The Morgan fingerprint density at radius 2 is 1.84 bits per heavy atom. The highest BCUT2D eigenvalue weighted by Gasteiger charge is 2.41. The summed E-state index contributed by atoms with van der Waals surface area (Å²) in [4.78, 5) is 26.2. The number of nitrogens with one attached hydrogen (secondary N) is 2. The molecule has 1 heterocycles. The number of carbonyl (C=O) groups is 2. The number of amides is 1. The summed E-state index contributed by atoms with van der Waals surface area (Å²) in [6.45, 7) is 4.14. The van der Waals surface area contributed by atoms with Crippen molar-refractivity contribution >= 4 is 51.5 Å². The van der Waals surface area contributed by atoms with E-state index in [1.165, 1.54) is 11.8 Å². The van der Waals surface area contributed by atoms with Gasteiger partial charge in [-0.05, 0) is 52.4 Å². The zero-order valence-electron chi connectivity index (χ0n) is 20.6. The van der Waals surface area contributed by atoms with Gasteiger partial charge in [-0.3, -0.25) is 9.59 Å². The number of benzene rings is 3. The zero-order chi connectivity index (χ0) is 26.2. The molecule has 0 bridgehead atoms. The third-order valence-corrected chi connectivity index (χ3v) is 7.98. The number of allylic oxidation sites excluding steroid dienone is 3. The van der Waals surface area contributed by atoms with Crippen LogP contribution in [0.5, 0.6) is 0 Å². The van der Waals surface area contributed by atoms with Crippen molar-refractivity contribution in [1.29, 1.82) is 5.26 Å². The number of hydrogen-bond acceptors (Lipinski definition) is 5. The maximum Gasteiger partial charge on any atom is 0.234 e. The van der Waals surface area contributed by atoms with Crippen molar-refractivity contribution in [3.05, 3.63) is 99.2 Å². The normalized spacial score (nSPS) is 18.8. The van der Waals surface area contributed by atoms with Crippen molar-refractivity contribution in [2.24, 2.45) is 5.41 Å². The van der Waals surface area contributed by atoms with Crippen LogP contribution in [-0.2, 0) is 9.59 Å². The van der Waals surface area contributed by atoms with Crippen molar-refractivity contribution in [2.45, 2.75) is 32.6 Å². The number of hydrogen-bond donors (Lipinski definition) is 2. The summed E-state index contributed by atoms with van der Waals surface area (Å²) in [5.74, 6) is -0.499. The van der Waals surface area contributed by atoms with Crippen molar-refractivity contribution < 1.29 is 9.59 Å². The molecular formula is C30H26ClN3O2S. The quantitative estimate of drug-likeness (QED) is 0.376. The molecule has 0 saturated carbocycles. The van der Waals surface area contributed by atoms with Crippen LogP contribution in [-0.4, -0.2) is 17.4 Å². The number of halogens is 1. The molecule has 2 N–H and O–H groups in total. The maximum absolute atomic E-state index is 13.3. The topological polar surface area (TPSA) is 82.0 Å². The minimum Gasteiger partial charge on any atom is -0.352 e. The Bertz CT molecular complexity index is 1520. The van der Waals surface area contributed by atoms with Crippen LogP contribution in [0.1, 0.15) is 38.2 Å². The van der Waals surface area contributed by atoms with Crippen molar-refractivity contribution in [3.63, 3.8) is 0 Å². The molecule has 1 aliphatic carbocycles. The molecule has 37 heavy (non-hydrogen) atoms. The lowest BCUT2D eigenvalue weighted by Crippen LogP contribution is -2.37. The minimum absolute atomic E-state index is 0.0459. The molecule has 2 aliphatic rings. The SMILES string of the molecule is CC1(C)CC(=O)C2=C(C1)NC(SCC(=O)Nc1ccc3ccccc3c1)=C(C#N)[C@@H]2c1ccc(Cl)cc1. The van der Waals surface area contributed by atoms with Gasteiger partial charge >= 0.3 is 0 Å². The highest BCUT2D eigenvalue weighted by molar-refractivity contribution is 8.03. The van der Waals surface area contributed by atoms with E-state index >= 15 is 0 Å². The fraction of sp³-hybridized carbons (Fsp3) is 0.233. The van der Waals surface area contributed by atoms with Crippen LogP contribution in [0, 0.1) is 16.7 Å². The van der Waals surface area contributed by atoms with Crippen molar-refractivity contribution in [1.82, 2.24) is 5.32 Å². The number of nitrogens with zero attached hydrogens (tertiary/aromatic N) is 1. The molecule has 0 unspecified atom stereocenters. The Hall–Kier alpha value is -3.53. The van der Waals surface area contributed by atoms with E-state index in [2.05, 4.69) is 30.6 Å². The monoisotopic (exact) mass is 527 g/mol. The molecule has 186 valence electrons. The molecular weight excluding hydrogens is 502 g/mol. The van der Waals surface area contributed by atoms with Crippen LogP contribution in [0.4, 0.5) is 5.69 Å². The summed E-state index contributed by atoms with van der Waals surface area (Å²) in [7, 11) is 0. The fourth-order valence-corrected chi connectivity index (χ4v) is 6.07. The molecule has 1 amide bonds.